The molecule has 0 unspecified atom stereocenters. The molecule has 0 nitrogen and oxygen atoms in total. The average molecular weight is 559 g/mol. The lowest BCUT2D eigenvalue weighted by Gasteiger charge is -2.14. The Balaban J connectivity index is 1.20. The van der Waals surface area contributed by atoms with Crippen LogP contribution in [-0.2, 0) is 0 Å². The van der Waals surface area contributed by atoms with Crippen molar-refractivity contribution in [3.8, 4) is 55.6 Å². The lowest BCUT2D eigenvalue weighted by molar-refractivity contribution is 1.58. The van der Waals surface area contributed by atoms with E-state index in [0.717, 1.165) is 0 Å². The monoisotopic (exact) mass is 558 g/mol. The molecule has 8 rings (SSSR count). The van der Waals surface area contributed by atoms with Gasteiger partial charge < -0.3 is 0 Å². The maximum absolute atomic E-state index is 2.37. The molecule has 44 heavy (non-hydrogen) atoms. The zero-order valence-electron chi connectivity index (χ0n) is 24.3. The Morgan fingerprint density at radius 3 is 1.18 bits per heavy atom. The number of hydrogen-bond acceptors (Lipinski definition) is 0. The number of hydrogen-bond donors (Lipinski definition) is 0. The fourth-order valence-corrected chi connectivity index (χ4v) is 6.37. The summed E-state index contributed by atoms with van der Waals surface area (Å²) >= 11 is 0. The van der Waals surface area contributed by atoms with E-state index in [1.54, 1.807) is 0 Å². The van der Waals surface area contributed by atoms with Crippen molar-refractivity contribution in [1.29, 1.82) is 0 Å². The van der Waals surface area contributed by atoms with Crippen molar-refractivity contribution in [2.75, 3.05) is 0 Å². The van der Waals surface area contributed by atoms with Gasteiger partial charge in [-0.15, -0.1) is 0 Å². The third-order valence-electron chi connectivity index (χ3n) is 8.66. The van der Waals surface area contributed by atoms with E-state index >= 15 is 0 Å². The van der Waals surface area contributed by atoms with Crippen LogP contribution < -0.4 is 0 Å². The maximum Gasteiger partial charge on any atom is -0.00928 e. The van der Waals surface area contributed by atoms with Crippen molar-refractivity contribution in [1.82, 2.24) is 0 Å². The van der Waals surface area contributed by atoms with Crippen molar-refractivity contribution in [2.45, 2.75) is 0 Å². The molecule has 8 aromatic rings. The molecule has 0 saturated carbocycles. The van der Waals surface area contributed by atoms with Crippen LogP contribution in [0.15, 0.2) is 182 Å². The molecule has 0 amide bonds. The summed E-state index contributed by atoms with van der Waals surface area (Å²) in [5.74, 6) is 0. The van der Waals surface area contributed by atoms with E-state index in [0.29, 0.717) is 0 Å². The SMILES string of the molecule is c1ccc(-c2cccc(-c3ccc(-c4ccc5c(c4)cc(-c4ccccc4)c4cc(-c6ccccc6)ccc45)cc3)c2)cc1. The van der Waals surface area contributed by atoms with Crippen LogP contribution in [0.1, 0.15) is 0 Å². The largest absolute Gasteiger partial charge is 0.0622 e. The zero-order valence-corrected chi connectivity index (χ0v) is 24.3. The van der Waals surface area contributed by atoms with Gasteiger partial charge in [-0.25, -0.2) is 0 Å². The minimum Gasteiger partial charge on any atom is -0.0622 e. The molecule has 206 valence electrons. The summed E-state index contributed by atoms with van der Waals surface area (Å²) in [5.41, 5.74) is 12.3. The summed E-state index contributed by atoms with van der Waals surface area (Å²) in [6, 6.07) is 65.9. The summed E-state index contributed by atoms with van der Waals surface area (Å²) in [4.78, 5) is 0. The summed E-state index contributed by atoms with van der Waals surface area (Å²) in [6.45, 7) is 0. The third-order valence-corrected chi connectivity index (χ3v) is 8.66. The normalized spacial score (nSPS) is 11.2. The van der Waals surface area contributed by atoms with Crippen LogP contribution in [0.3, 0.4) is 0 Å². The van der Waals surface area contributed by atoms with Gasteiger partial charge >= 0.3 is 0 Å². The van der Waals surface area contributed by atoms with Crippen LogP contribution >= 0.6 is 0 Å². The van der Waals surface area contributed by atoms with Gasteiger partial charge in [0, 0.05) is 0 Å². The van der Waals surface area contributed by atoms with E-state index < -0.39 is 0 Å². The standard InChI is InChI=1S/C44H30/c1-4-11-31(12-5-1)36-17-10-18-37(27-36)33-19-21-34(22-20-33)38-23-25-41-40(28-38)30-43(35-15-8-3-9-16-35)44-29-39(24-26-42(41)44)32-13-6-2-7-14-32/h1-30H. The van der Waals surface area contributed by atoms with Crippen molar-refractivity contribution in [2.24, 2.45) is 0 Å². The van der Waals surface area contributed by atoms with Crippen molar-refractivity contribution >= 4 is 21.5 Å². The maximum atomic E-state index is 2.37. The van der Waals surface area contributed by atoms with E-state index in [2.05, 4.69) is 182 Å². The molecule has 0 aliphatic heterocycles. The van der Waals surface area contributed by atoms with Crippen LogP contribution in [0.4, 0.5) is 0 Å². The van der Waals surface area contributed by atoms with Gasteiger partial charge in [0.2, 0.25) is 0 Å². The molecular formula is C44H30. The highest BCUT2D eigenvalue weighted by atomic mass is 14.2. The number of fused-ring (bicyclic) bond motifs is 3. The molecule has 0 radical (unpaired) electrons. The Morgan fingerprint density at radius 1 is 0.205 bits per heavy atom. The smallest absolute Gasteiger partial charge is 0.00928 e. The van der Waals surface area contributed by atoms with E-state index in [-0.39, 0.29) is 0 Å². The fourth-order valence-electron chi connectivity index (χ4n) is 6.37. The molecule has 0 atom stereocenters. The molecule has 0 aliphatic rings. The zero-order chi connectivity index (χ0) is 29.3. The number of benzene rings is 8. The first-order valence-corrected chi connectivity index (χ1v) is 15.2. The molecule has 0 aromatic heterocycles. The highest BCUT2D eigenvalue weighted by molar-refractivity contribution is 6.15. The van der Waals surface area contributed by atoms with Crippen LogP contribution in [0.2, 0.25) is 0 Å². The first-order valence-electron chi connectivity index (χ1n) is 15.2. The predicted octanol–water partition coefficient (Wildman–Crippen LogP) is 12.3. The summed E-state index contributed by atoms with van der Waals surface area (Å²) in [6.07, 6.45) is 0. The second-order valence-corrected chi connectivity index (χ2v) is 11.4. The van der Waals surface area contributed by atoms with Crippen LogP contribution in [0.5, 0.6) is 0 Å². The summed E-state index contributed by atoms with van der Waals surface area (Å²) in [5, 5.41) is 5.08. The van der Waals surface area contributed by atoms with E-state index in [1.165, 1.54) is 77.2 Å². The van der Waals surface area contributed by atoms with Gasteiger partial charge in [0.1, 0.15) is 0 Å². The quantitative estimate of drug-likeness (QED) is 0.184. The second-order valence-electron chi connectivity index (χ2n) is 11.4. The van der Waals surface area contributed by atoms with Crippen molar-refractivity contribution in [3.05, 3.63) is 182 Å². The molecule has 0 N–H and O–H groups in total. The molecule has 0 bridgehead atoms. The molecule has 8 aromatic carbocycles. The van der Waals surface area contributed by atoms with Gasteiger partial charge in [-0.2, -0.15) is 0 Å². The van der Waals surface area contributed by atoms with Crippen molar-refractivity contribution in [3.63, 3.8) is 0 Å². The fraction of sp³-hybridized carbons (Fsp3) is 0. The first kappa shape index (κ1) is 25.9. The average Bonchev–Trinajstić information content (AvgIpc) is 3.12. The van der Waals surface area contributed by atoms with E-state index in [4.69, 9.17) is 0 Å². The Kier molecular flexibility index (Phi) is 6.59. The van der Waals surface area contributed by atoms with Crippen LogP contribution in [0, 0.1) is 0 Å². The first-order chi connectivity index (χ1) is 21.8. The highest BCUT2D eigenvalue weighted by Crippen LogP contribution is 2.39. The molecule has 0 fully saturated rings. The van der Waals surface area contributed by atoms with Crippen LogP contribution in [0.25, 0.3) is 77.2 Å². The highest BCUT2D eigenvalue weighted by Gasteiger charge is 2.12. The molecule has 0 saturated heterocycles. The Labute approximate surface area is 258 Å². The van der Waals surface area contributed by atoms with Gasteiger partial charge in [0.25, 0.3) is 0 Å². The van der Waals surface area contributed by atoms with Gasteiger partial charge in [-0.05, 0) is 101 Å². The lowest BCUT2D eigenvalue weighted by Crippen LogP contribution is -1.88. The van der Waals surface area contributed by atoms with Gasteiger partial charge in [0.15, 0.2) is 0 Å². The number of rotatable bonds is 5. The van der Waals surface area contributed by atoms with Crippen LogP contribution in [-0.4, -0.2) is 0 Å². The topological polar surface area (TPSA) is 0 Å². The Hall–Kier alpha value is -5.72. The van der Waals surface area contributed by atoms with E-state index in [9.17, 15) is 0 Å². The minimum absolute atomic E-state index is 1.22. The Morgan fingerprint density at radius 2 is 0.614 bits per heavy atom. The molecule has 0 spiro atoms. The van der Waals surface area contributed by atoms with E-state index in [1.807, 2.05) is 0 Å². The predicted molar refractivity (Wildman–Crippen MR) is 189 cm³/mol. The van der Waals surface area contributed by atoms with Crippen molar-refractivity contribution < 1.29 is 0 Å². The second kappa shape index (κ2) is 11.2. The molecule has 0 heterocycles. The Bertz CT molecular complexity index is 2230. The molecule has 0 heteroatoms. The molecule has 0 aliphatic carbocycles. The summed E-state index contributed by atoms with van der Waals surface area (Å²) < 4.78 is 0. The van der Waals surface area contributed by atoms with Gasteiger partial charge in [-0.1, -0.05) is 158 Å². The van der Waals surface area contributed by atoms with Gasteiger partial charge in [0.05, 0.1) is 0 Å². The minimum atomic E-state index is 1.22. The lowest BCUT2D eigenvalue weighted by atomic mass is 9.89. The summed E-state index contributed by atoms with van der Waals surface area (Å²) in [7, 11) is 0. The third kappa shape index (κ3) is 4.87. The van der Waals surface area contributed by atoms with Gasteiger partial charge in [-0.3, -0.25) is 0 Å². The molecular weight excluding hydrogens is 528 g/mol.